The predicted molar refractivity (Wildman–Crippen MR) is 114 cm³/mol. The van der Waals surface area contributed by atoms with Gasteiger partial charge in [0.25, 0.3) is 0 Å². The lowest BCUT2D eigenvalue weighted by Crippen LogP contribution is -2.37. The second-order valence-corrected chi connectivity index (χ2v) is 7.94. The van der Waals surface area contributed by atoms with Gasteiger partial charge in [0.2, 0.25) is 0 Å². The minimum absolute atomic E-state index is 0.351. The van der Waals surface area contributed by atoms with Crippen molar-refractivity contribution in [3.63, 3.8) is 0 Å². The van der Waals surface area contributed by atoms with Gasteiger partial charge in [-0.2, -0.15) is 0 Å². The van der Waals surface area contributed by atoms with E-state index in [1.807, 2.05) is 6.92 Å². The van der Waals surface area contributed by atoms with Gasteiger partial charge in [0.1, 0.15) is 6.04 Å². The molecule has 0 spiro atoms. The highest BCUT2D eigenvalue weighted by Crippen LogP contribution is 2.13. The second-order valence-electron chi connectivity index (χ2n) is 7.94. The first-order valence-corrected chi connectivity index (χ1v) is 11.7. The van der Waals surface area contributed by atoms with Crippen LogP contribution in [0.5, 0.6) is 0 Å². The van der Waals surface area contributed by atoms with Crippen LogP contribution in [0.15, 0.2) is 0 Å². The standard InChI is InChI=1S/C23H47NO2/c1-3-5-6-7-8-9-10-11-12-13-14-15-16-17-18-19-21-24-22(20-4-2)23(25)26/h22,24H,3-21H2,1-2H3,(H,25,26). The molecule has 0 rings (SSSR count). The van der Waals surface area contributed by atoms with Gasteiger partial charge in [0.05, 0.1) is 0 Å². The number of carboxylic acid groups (broad SMARTS) is 1. The van der Waals surface area contributed by atoms with E-state index in [0.29, 0.717) is 0 Å². The molecule has 0 radical (unpaired) electrons. The Bertz CT molecular complexity index is 294. The summed E-state index contributed by atoms with van der Waals surface area (Å²) in [4.78, 5) is 11.0. The van der Waals surface area contributed by atoms with Crippen molar-refractivity contribution in [3.8, 4) is 0 Å². The van der Waals surface area contributed by atoms with E-state index in [0.717, 1.165) is 25.8 Å². The van der Waals surface area contributed by atoms with E-state index in [-0.39, 0.29) is 6.04 Å². The third kappa shape index (κ3) is 18.2. The molecule has 0 aromatic carbocycles. The summed E-state index contributed by atoms with van der Waals surface area (Å²) in [7, 11) is 0. The molecular formula is C23H47NO2. The maximum atomic E-state index is 11.0. The lowest BCUT2D eigenvalue weighted by Gasteiger charge is -2.13. The minimum Gasteiger partial charge on any atom is -0.480 e. The van der Waals surface area contributed by atoms with Crippen LogP contribution in [-0.4, -0.2) is 23.7 Å². The molecule has 1 atom stereocenters. The quantitative estimate of drug-likeness (QED) is 0.212. The molecule has 0 fully saturated rings. The first-order chi connectivity index (χ1) is 12.7. The molecule has 0 bridgehead atoms. The van der Waals surface area contributed by atoms with Crippen molar-refractivity contribution in [2.45, 2.75) is 135 Å². The van der Waals surface area contributed by atoms with Gasteiger partial charge in [0.15, 0.2) is 0 Å². The van der Waals surface area contributed by atoms with Crippen molar-refractivity contribution >= 4 is 5.97 Å². The van der Waals surface area contributed by atoms with Gasteiger partial charge >= 0.3 is 5.97 Å². The summed E-state index contributed by atoms with van der Waals surface area (Å²) in [5.41, 5.74) is 0. The molecule has 26 heavy (non-hydrogen) atoms. The molecule has 156 valence electrons. The van der Waals surface area contributed by atoms with Crippen LogP contribution in [-0.2, 0) is 4.79 Å². The number of nitrogens with one attached hydrogen (secondary N) is 1. The van der Waals surface area contributed by atoms with Crippen LogP contribution < -0.4 is 5.32 Å². The van der Waals surface area contributed by atoms with E-state index >= 15 is 0 Å². The van der Waals surface area contributed by atoms with Crippen molar-refractivity contribution in [1.29, 1.82) is 0 Å². The summed E-state index contributed by atoms with van der Waals surface area (Å²) < 4.78 is 0. The predicted octanol–water partition coefficient (Wildman–Crippen LogP) is 7.09. The Morgan fingerprint density at radius 2 is 1.04 bits per heavy atom. The Balaban J connectivity index is 3.16. The van der Waals surface area contributed by atoms with Crippen molar-refractivity contribution in [2.24, 2.45) is 0 Å². The molecule has 0 saturated carbocycles. The zero-order valence-corrected chi connectivity index (χ0v) is 17.9. The number of aliphatic carboxylic acids is 1. The molecule has 0 heterocycles. The summed E-state index contributed by atoms with van der Waals surface area (Å²) in [5, 5.41) is 12.2. The average Bonchev–Trinajstić information content (AvgIpc) is 2.63. The number of carbonyl (C=O) groups is 1. The zero-order valence-electron chi connectivity index (χ0n) is 17.9. The highest BCUT2D eigenvalue weighted by Gasteiger charge is 2.14. The largest absolute Gasteiger partial charge is 0.480 e. The van der Waals surface area contributed by atoms with Gasteiger partial charge in [0, 0.05) is 0 Å². The van der Waals surface area contributed by atoms with Crippen LogP contribution in [0, 0.1) is 0 Å². The summed E-state index contributed by atoms with van der Waals surface area (Å²) in [6.07, 6.45) is 23.6. The zero-order chi connectivity index (χ0) is 19.3. The number of hydrogen-bond acceptors (Lipinski definition) is 2. The number of carboxylic acids is 1. The Morgan fingerprint density at radius 1 is 0.654 bits per heavy atom. The molecule has 0 aliphatic carbocycles. The molecule has 1 unspecified atom stereocenters. The Morgan fingerprint density at radius 3 is 1.38 bits per heavy atom. The Hall–Kier alpha value is -0.570. The molecule has 0 aliphatic rings. The van der Waals surface area contributed by atoms with Crippen molar-refractivity contribution in [3.05, 3.63) is 0 Å². The molecule has 0 aliphatic heterocycles. The molecule has 3 heteroatoms. The van der Waals surface area contributed by atoms with E-state index in [4.69, 9.17) is 5.11 Å². The van der Waals surface area contributed by atoms with Gasteiger partial charge in [-0.15, -0.1) is 0 Å². The van der Waals surface area contributed by atoms with Crippen LogP contribution in [0.1, 0.15) is 129 Å². The smallest absolute Gasteiger partial charge is 0.320 e. The summed E-state index contributed by atoms with van der Waals surface area (Å²) >= 11 is 0. The summed E-state index contributed by atoms with van der Waals surface area (Å²) in [6.45, 7) is 5.16. The molecule has 0 aromatic heterocycles. The van der Waals surface area contributed by atoms with Gasteiger partial charge in [-0.3, -0.25) is 4.79 Å². The van der Waals surface area contributed by atoms with Gasteiger partial charge < -0.3 is 10.4 Å². The fourth-order valence-corrected chi connectivity index (χ4v) is 3.55. The topological polar surface area (TPSA) is 49.3 Å². The van der Waals surface area contributed by atoms with Crippen LogP contribution in [0.25, 0.3) is 0 Å². The molecule has 3 nitrogen and oxygen atoms in total. The first-order valence-electron chi connectivity index (χ1n) is 11.7. The minimum atomic E-state index is -0.705. The van der Waals surface area contributed by atoms with Gasteiger partial charge in [-0.05, 0) is 19.4 Å². The fraction of sp³-hybridized carbons (Fsp3) is 0.957. The van der Waals surface area contributed by atoms with Crippen molar-refractivity contribution in [2.75, 3.05) is 6.54 Å². The van der Waals surface area contributed by atoms with Crippen LogP contribution in [0.4, 0.5) is 0 Å². The Labute approximate surface area is 163 Å². The molecule has 0 amide bonds. The highest BCUT2D eigenvalue weighted by molar-refractivity contribution is 5.73. The van der Waals surface area contributed by atoms with E-state index < -0.39 is 5.97 Å². The SMILES string of the molecule is CCCCCCCCCCCCCCCCCCNC(CCC)C(=O)O. The maximum Gasteiger partial charge on any atom is 0.320 e. The van der Waals surface area contributed by atoms with Crippen LogP contribution in [0.2, 0.25) is 0 Å². The third-order valence-electron chi connectivity index (χ3n) is 5.30. The molecular weight excluding hydrogens is 322 g/mol. The lowest BCUT2D eigenvalue weighted by molar-refractivity contribution is -0.139. The summed E-state index contributed by atoms with van der Waals surface area (Å²) in [6, 6.07) is -0.351. The monoisotopic (exact) mass is 369 g/mol. The first kappa shape index (κ1) is 25.4. The second kappa shape index (κ2) is 20.7. The van der Waals surface area contributed by atoms with Crippen LogP contribution >= 0.6 is 0 Å². The molecule has 2 N–H and O–H groups in total. The van der Waals surface area contributed by atoms with E-state index in [9.17, 15) is 4.79 Å². The molecule has 0 saturated heterocycles. The van der Waals surface area contributed by atoms with E-state index in [1.165, 1.54) is 96.3 Å². The van der Waals surface area contributed by atoms with E-state index in [1.54, 1.807) is 0 Å². The number of rotatable bonds is 21. The van der Waals surface area contributed by atoms with Crippen molar-refractivity contribution in [1.82, 2.24) is 5.32 Å². The van der Waals surface area contributed by atoms with Crippen LogP contribution in [0.3, 0.4) is 0 Å². The van der Waals surface area contributed by atoms with Crippen molar-refractivity contribution < 1.29 is 9.90 Å². The van der Waals surface area contributed by atoms with E-state index in [2.05, 4.69) is 12.2 Å². The third-order valence-corrected chi connectivity index (χ3v) is 5.30. The van der Waals surface area contributed by atoms with Gasteiger partial charge in [-0.25, -0.2) is 0 Å². The Kier molecular flexibility index (Phi) is 20.3. The lowest BCUT2D eigenvalue weighted by atomic mass is 10.0. The highest BCUT2D eigenvalue weighted by atomic mass is 16.4. The number of hydrogen-bond donors (Lipinski definition) is 2. The number of unbranched alkanes of at least 4 members (excludes halogenated alkanes) is 15. The molecule has 0 aromatic rings. The van der Waals surface area contributed by atoms with Gasteiger partial charge in [-0.1, -0.05) is 117 Å². The normalized spacial score (nSPS) is 12.4. The average molecular weight is 370 g/mol. The summed E-state index contributed by atoms with van der Waals surface area (Å²) in [5.74, 6) is -0.705. The fourth-order valence-electron chi connectivity index (χ4n) is 3.55. The maximum absolute atomic E-state index is 11.0.